The Kier molecular flexibility index (Phi) is 5.00. The van der Waals surface area contributed by atoms with Crippen molar-refractivity contribution in [2.75, 3.05) is 12.8 Å². The van der Waals surface area contributed by atoms with Crippen molar-refractivity contribution in [3.63, 3.8) is 0 Å². The third kappa shape index (κ3) is 3.82. The van der Waals surface area contributed by atoms with Gasteiger partial charge in [0.1, 0.15) is 5.82 Å². The number of hydrogen-bond acceptors (Lipinski definition) is 2. The zero-order chi connectivity index (χ0) is 13.7. The molecule has 100 valence electrons. The molecule has 2 aromatic carbocycles. The third-order valence-electron chi connectivity index (χ3n) is 3.12. The molecular weight excluding hydrogens is 257 g/mol. The van der Waals surface area contributed by atoms with Crippen LogP contribution in [0.3, 0.4) is 0 Å². The van der Waals surface area contributed by atoms with E-state index in [0.717, 1.165) is 16.9 Å². The summed E-state index contributed by atoms with van der Waals surface area (Å²) < 4.78 is 13.1. The third-order valence-corrected chi connectivity index (χ3v) is 4.22. The summed E-state index contributed by atoms with van der Waals surface area (Å²) in [6.07, 6.45) is 0. The summed E-state index contributed by atoms with van der Waals surface area (Å²) in [5, 5.41) is 3.31. The Balaban J connectivity index is 2.08. The molecule has 0 radical (unpaired) electrons. The molecule has 1 atom stereocenters. The topological polar surface area (TPSA) is 12.0 Å². The normalized spacial score (nSPS) is 12.4. The highest BCUT2D eigenvalue weighted by molar-refractivity contribution is 7.99. The van der Waals surface area contributed by atoms with Crippen LogP contribution in [-0.4, -0.2) is 12.8 Å². The zero-order valence-corrected chi connectivity index (χ0v) is 12.0. The Bertz CT molecular complexity index is 528. The van der Waals surface area contributed by atoms with Crippen molar-refractivity contribution in [2.45, 2.75) is 17.9 Å². The van der Waals surface area contributed by atoms with Crippen LogP contribution >= 0.6 is 11.8 Å². The standard InChI is InChI=1S/C16H18FNS/c1-12-10-13(17)8-9-15(12)16(18-2)11-19-14-6-4-3-5-7-14/h3-10,16,18H,11H2,1-2H3. The van der Waals surface area contributed by atoms with Gasteiger partial charge >= 0.3 is 0 Å². The fraction of sp³-hybridized carbons (Fsp3) is 0.250. The number of aryl methyl sites for hydroxylation is 1. The molecule has 0 saturated carbocycles. The van der Waals surface area contributed by atoms with E-state index in [2.05, 4.69) is 17.4 Å². The van der Waals surface area contributed by atoms with Crippen LogP contribution in [0.5, 0.6) is 0 Å². The Morgan fingerprint density at radius 1 is 1.16 bits per heavy atom. The summed E-state index contributed by atoms with van der Waals surface area (Å²) in [4.78, 5) is 1.25. The number of hydrogen-bond donors (Lipinski definition) is 1. The molecule has 0 fully saturated rings. The van der Waals surface area contributed by atoms with E-state index >= 15 is 0 Å². The molecule has 0 saturated heterocycles. The minimum absolute atomic E-state index is 0.174. The van der Waals surface area contributed by atoms with Gasteiger partial charge in [-0.25, -0.2) is 4.39 Å². The molecule has 1 unspecified atom stereocenters. The molecule has 0 spiro atoms. The lowest BCUT2D eigenvalue weighted by atomic mass is 10.0. The fourth-order valence-electron chi connectivity index (χ4n) is 2.05. The summed E-state index contributed by atoms with van der Waals surface area (Å²) in [5.41, 5.74) is 2.15. The largest absolute Gasteiger partial charge is 0.312 e. The van der Waals surface area contributed by atoms with Crippen molar-refractivity contribution >= 4 is 11.8 Å². The van der Waals surface area contributed by atoms with Crippen LogP contribution in [0.4, 0.5) is 4.39 Å². The van der Waals surface area contributed by atoms with Gasteiger partial charge in [0.15, 0.2) is 0 Å². The van der Waals surface area contributed by atoms with Gasteiger partial charge in [0, 0.05) is 16.7 Å². The van der Waals surface area contributed by atoms with E-state index in [9.17, 15) is 4.39 Å². The van der Waals surface area contributed by atoms with E-state index in [4.69, 9.17) is 0 Å². The second-order valence-corrected chi connectivity index (χ2v) is 5.56. The van der Waals surface area contributed by atoms with Crippen molar-refractivity contribution in [3.05, 3.63) is 65.5 Å². The first kappa shape index (κ1) is 14.1. The van der Waals surface area contributed by atoms with E-state index in [1.165, 1.54) is 11.0 Å². The number of benzene rings is 2. The summed E-state index contributed by atoms with van der Waals surface area (Å²) in [6, 6.07) is 15.5. The van der Waals surface area contributed by atoms with Crippen molar-refractivity contribution in [1.29, 1.82) is 0 Å². The second kappa shape index (κ2) is 6.73. The highest BCUT2D eigenvalue weighted by atomic mass is 32.2. The monoisotopic (exact) mass is 275 g/mol. The average Bonchev–Trinajstić information content (AvgIpc) is 2.42. The van der Waals surface area contributed by atoms with Gasteiger partial charge < -0.3 is 5.32 Å². The molecule has 2 aromatic rings. The van der Waals surface area contributed by atoms with E-state index in [1.807, 2.05) is 38.2 Å². The van der Waals surface area contributed by atoms with Gasteiger partial charge in [-0.3, -0.25) is 0 Å². The molecule has 0 aromatic heterocycles. The number of nitrogens with one attached hydrogen (secondary N) is 1. The van der Waals surface area contributed by atoms with Crippen molar-refractivity contribution < 1.29 is 4.39 Å². The molecule has 0 aliphatic carbocycles. The zero-order valence-electron chi connectivity index (χ0n) is 11.2. The fourth-order valence-corrected chi connectivity index (χ4v) is 3.11. The van der Waals surface area contributed by atoms with Gasteiger partial charge in [0.2, 0.25) is 0 Å². The van der Waals surface area contributed by atoms with Crippen LogP contribution in [-0.2, 0) is 0 Å². The van der Waals surface area contributed by atoms with Gasteiger partial charge in [0.25, 0.3) is 0 Å². The molecule has 1 nitrogen and oxygen atoms in total. The number of rotatable bonds is 5. The maximum Gasteiger partial charge on any atom is 0.123 e. The minimum atomic E-state index is -0.174. The maximum absolute atomic E-state index is 13.1. The first-order valence-electron chi connectivity index (χ1n) is 6.32. The van der Waals surface area contributed by atoms with Crippen LogP contribution in [0.1, 0.15) is 17.2 Å². The Morgan fingerprint density at radius 2 is 1.89 bits per heavy atom. The van der Waals surface area contributed by atoms with E-state index in [0.29, 0.717) is 0 Å². The first-order chi connectivity index (χ1) is 9.20. The second-order valence-electron chi connectivity index (χ2n) is 4.47. The molecule has 0 aliphatic rings. The molecule has 0 amide bonds. The lowest BCUT2D eigenvalue weighted by Gasteiger charge is -2.18. The molecule has 0 aliphatic heterocycles. The highest BCUT2D eigenvalue weighted by Gasteiger charge is 2.12. The van der Waals surface area contributed by atoms with E-state index < -0.39 is 0 Å². The smallest absolute Gasteiger partial charge is 0.123 e. The summed E-state index contributed by atoms with van der Waals surface area (Å²) in [6.45, 7) is 1.95. The predicted molar refractivity (Wildman–Crippen MR) is 80.1 cm³/mol. The molecule has 2 rings (SSSR count). The van der Waals surface area contributed by atoms with Gasteiger partial charge in [-0.1, -0.05) is 24.3 Å². The predicted octanol–water partition coefficient (Wildman–Crippen LogP) is 4.19. The van der Waals surface area contributed by atoms with Crippen molar-refractivity contribution in [2.24, 2.45) is 0 Å². The van der Waals surface area contributed by atoms with Crippen LogP contribution in [0.15, 0.2) is 53.4 Å². The van der Waals surface area contributed by atoms with Gasteiger partial charge in [-0.2, -0.15) is 0 Å². The SMILES string of the molecule is CNC(CSc1ccccc1)c1ccc(F)cc1C. The average molecular weight is 275 g/mol. The highest BCUT2D eigenvalue weighted by Crippen LogP contribution is 2.26. The molecule has 1 N–H and O–H groups in total. The molecule has 19 heavy (non-hydrogen) atoms. The number of thioether (sulfide) groups is 1. The lowest BCUT2D eigenvalue weighted by Crippen LogP contribution is -2.19. The van der Waals surface area contributed by atoms with Gasteiger partial charge in [0.05, 0.1) is 0 Å². The van der Waals surface area contributed by atoms with Gasteiger partial charge in [-0.05, 0) is 49.4 Å². The first-order valence-corrected chi connectivity index (χ1v) is 7.30. The van der Waals surface area contributed by atoms with Crippen LogP contribution in [0.25, 0.3) is 0 Å². The van der Waals surface area contributed by atoms with E-state index in [-0.39, 0.29) is 11.9 Å². The molecule has 0 bridgehead atoms. The molecule has 0 heterocycles. The van der Waals surface area contributed by atoms with Gasteiger partial charge in [-0.15, -0.1) is 11.8 Å². The Morgan fingerprint density at radius 3 is 2.53 bits per heavy atom. The Hall–Kier alpha value is -1.32. The van der Waals surface area contributed by atoms with Crippen molar-refractivity contribution in [1.82, 2.24) is 5.32 Å². The summed E-state index contributed by atoms with van der Waals surface area (Å²) >= 11 is 1.80. The quantitative estimate of drug-likeness (QED) is 0.821. The molecular formula is C16H18FNS. The van der Waals surface area contributed by atoms with E-state index in [1.54, 1.807) is 17.8 Å². The van der Waals surface area contributed by atoms with Crippen LogP contribution < -0.4 is 5.32 Å². The van der Waals surface area contributed by atoms with Crippen LogP contribution in [0, 0.1) is 12.7 Å². The number of halogens is 1. The minimum Gasteiger partial charge on any atom is -0.312 e. The van der Waals surface area contributed by atoms with Crippen molar-refractivity contribution in [3.8, 4) is 0 Å². The Labute approximate surface area is 118 Å². The molecule has 3 heteroatoms. The van der Waals surface area contributed by atoms with Crippen LogP contribution in [0.2, 0.25) is 0 Å². The maximum atomic E-state index is 13.1. The summed E-state index contributed by atoms with van der Waals surface area (Å²) in [7, 11) is 1.94. The lowest BCUT2D eigenvalue weighted by molar-refractivity contribution is 0.617. The summed E-state index contributed by atoms with van der Waals surface area (Å²) in [5.74, 6) is 0.749.